The molecule has 0 spiro atoms. The van der Waals surface area contributed by atoms with E-state index in [0.29, 0.717) is 29.3 Å². The highest BCUT2D eigenvalue weighted by molar-refractivity contribution is 7.92. The van der Waals surface area contributed by atoms with E-state index in [1.807, 2.05) is 0 Å². The number of ketones is 1. The Hall–Kier alpha value is -3.24. The fraction of sp³-hybridized carbons (Fsp3) is 0.227. The van der Waals surface area contributed by atoms with E-state index < -0.39 is 15.8 Å². The number of sulfonamides is 1. The molecular weight excluding hydrogens is 469 g/mol. The van der Waals surface area contributed by atoms with Gasteiger partial charge in [0.05, 0.1) is 29.5 Å². The van der Waals surface area contributed by atoms with E-state index in [4.69, 9.17) is 11.6 Å². The Balaban J connectivity index is 1.57. The van der Waals surface area contributed by atoms with Crippen LogP contribution in [0.1, 0.15) is 29.6 Å². The van der Waals surface area contributed by atoms with Gasteiger partial charge in [-0.3, -0.25) is 9.52 Å². The summed E-state index contributed by atoms with van der Waals surface area (Å²) < 4.78 is 40.1. The first-order valence-corrected chi connectivity index (χ1v) is 12.4. The van der Waals surface area contributed by atoms with Crippen LogP contribution in [0.25, 0.3) is 0 Å². The number of anilines is 5. The Morgan fingerprint density at radius 2 is 1.85 bits per heavy atom. The Labute approximate surface area is 195 Å². The van der Waals surface area contributed by atoms with Crippen LogP contribution in [-0.2, 0) is 10.0 Å². The summed E-state index contributed by atoms with van der Waals surface area (Å²) >= 11 is 6.21. The molecule has 8 nitrogen and oxygen atoms in total. The molecule has 172 valence electrons. The van der Waals surface area contributed by atoms with Crippen LogP contribution in [0.2, 0.25) is 5.02 Å². The van der Waals surface area contributed by atoms with E-state index in [-0.39, 0.29) is 28.3 Å². The van der Waals surface area contributed by atoms with Gasteiger partial charge in [0.2, 0.25) is 16.0 Å². The molecule has 2 aromatic carbocycles. The number of carbonyl (C=O) groups is 1. The average Bonchev–Trinajstić information content (AvgIpc) is 3.56. The molecule has 1 fully saturated rings. The third kappa shape index (κ3) is 6.17. The average molecular weight is 490 g/mol. The summed E-state index contributed by atoms with van der Waals surface area (Å²) in [5.41, 5.74) is 1.19. The maximum Gasteiger partial charge on any atom is 0.229 e. The fourth-order valence-corrected chi connectivity index (χ4v) is 3.86. The second kappa shape index (κ2) is 9.32. The van der Waals surface area contributed by atoms with Crippen molar-refractivity contribution in [2.45, 2.75) is 19.3 Å². The first-order chi connectivity index (χ1) is 15.7. The lowest BCUT2D eigenvalue weighted by Crippen LogP contribution is -2.11. The highest BCUT2D eigenvalue weighted by Crippen LogP contribution is 2.34. The van der Waals surface area contributed by atoms with E-state index in [1.165, 1.54) is 24.4 Å². The lowest BCUT2D eigenvalue weighted by molar-refractivity contribution is 0.0976. The molecule has 11 heteroatoms. The molecule has 0 unspecified atom stereocenters. The smallest absolute Gasteiger partial charge is 0.229 e. The van der Waals surface area contributed by atoms with Crippen LogP contribution in [-0.4, -0.2) is 30.4 Å². The fourth-order valence-electron chi connectivity index (χ4n) is 3.14. The van der Waals surface area contributed by atoms with Gasteiger partial charge in [-0.15, -0.1) is 0 Å². The third-order valence-electron chi connectivity index (χ3n) is 4.93. The van der Waals surface area contributed by atoms with E-state index in [9.17, 15) is 17.6 Å². The minimum Gasteiger partial charge on any atom is -0.337 e. The van der Waals surface area contributed by atoms with Gasteiger partial charge in [-0.05, 0) is 49.1 Å². The molecule has 4 rings (SSSR count). The molecule has 1 aliphatic carbocycles. The second-order valence-corrected chi connectivity index (χ2v) is 9.98. The van der Waals surface area contributed by atoms with Gasteiger partial charge in [-0.1, -0.05) is 23.7 Å². The molecule has 1 aromatic heterocycles. The van der Waals surface area contributed by atoms with E-state index in [2.05, 4.69) is 25.3 Å². The van der Waals surface area contributed by atoms with Crippen LogP contribution in [0, 0.1) is 11.7 Å². The summed E-state index contributed by atoms with van der Waals surface area (Å²) in [7, 11) is -3.51. The largest absolute Gasteiger partial charge is 0.337 e. The predicted molar refractivity (Wildman–Crippen MR) is 127 cm³/mol. The number of carbonyl (C=O) groups excluding carboxylic acids is 1. The molecule has 0 saturated heterocycles. The first-order valence-electron chi connectivity index (χ1n) is 10.1. The van der Waals surface area contributed by atoms with Crippen LogP contribution in [0.5, 0.6) is 0 Å². The topological polar surface area (TPSA) is 113 Å². The SMILES string of the molecule is CS(=O)(=O)Nc1ccccc1Nc1nc(Nc2cc(C(=O)CC3CC3)ccc2F)ncc1Cl. The monoisotopic (exact) mass is 489 g/mol. The van der Waals surface area contributed by atoms with Crippen LogP contribution >= 0.6 is 11.6 Å². The van der Waals surface area contributed by atoms with E-state index >= 15 is 0 Å². The molecule has 1 saturated carbocycles. The number of halogens is 2. The minimum atomic E-state index is -3.51. The lowest BCUT2D eigenvalue weighted by Gasteiger charge is -2.14. The number of hydrogen-bond donors (Lipinski definition) is 3. The summed E-state index contributed by atoms with van der Waals surface area (Å²) in [4.78, 5) is 20.7. The van der Waals surface area contributed by atoms with Gasteiger partial charge in [0.25, 0.3) is 0 Å². The molecule has 0 bridgehead atoms. The van der Waals surface area contributed by atoms with Gasteiger partial charge in [0.15, 0.2) is 11.6 Å². The van der Waals surface area contributed by atoms with E-state index in [1.54, 1.807) is 24.3 Å². The summed E-state index contributed by atoms with van der Waals surface area (Å²) in [5, 5.41) is 5.92. The van der Waals surface area contributed by atoms with Crippen molar-refractivity contribution in [2.75, 3.05) is 21.6 Å². The van der Waals surface area contributed by atoms with Crippen LogP contribution in [0.4, 0.5) is 33.2 Å². The second-order valence-electron chi connectivity index (χ2n) is 7.83. The number of nitrogens with one attached hydrogen (secondary N) is 3. The lowest BCUT2D eigenvalue weighted by atomic mass is 10.1. The minimum absolute atomic E-state index is 0.0325. The zero-order valence-electron chi connectivity index (χ0n) is 17.6. The maximum atomic E-state index is 14.4. The van der Waals surface area contributed by atoms with E-state index in [0.717, 1.165) is 19.1 Å². The molecule has 1 aliphatic rings. The molecule has 3 N–H and O–H groups in total. The standard InChI is InChI=1S/C22H21ClFN5O3S/c1-33(31,32)29-18-5-3-2-4-17(18)26-21-15(23)12-25-22(28-21)27-19-11-14(8-9-16(19)24)20(30)10-13-6-7-13/h2-5,8-9,11-13,29H,6-7,10H2,1H3,(H2,25,26,27,28). The Bertz CT molecular complexity index is 1320. The van der Waals surface area contributed by atoms with Crippen LogP contribution in [0.3, 0.4) is 0 Å². The molecular formula is C22H21ClFN5O3S. The third-order valence-corrected chi connectivity index (χ3v) is 5.79. The first kappa shape index (κ1) is 22.9. The Morgan fingerprint density at radius 3 is 2.55 bits per heavy atom. The number of para-hydroxylation sites is 2. The summed E-state index contributed by atoms with van der Waals surface area (Å²) in [6, 6.07) is 10.7. The van der Waals surface area contributed by atoms with Gasteiger partial charge in [0.1, 0.15) is 10.8 Å². The Morgan fingerprint density at radius 1 is 1.12 bits per heavy atom. The van der Waals surface area contributed by atoms with Crippen molar-refractivity contribution in [1.29, 1.82) is 0 Å². The highest BCUT2D eigenvalue weighted by Gasteiger charge is 2.25. The highest BCUT2D eigenvalue weighted by atomic mass is 35.5. The molecule has 33 heavy (non-hydrogen) atoms. The molecule has 0 atom stereocenters. The van der Waals surface area contributed by atoms with Crippen molar-refractivity contribution in [3.05, 3.63) is 65.1 Å². The van der Waals surface area contributed by atoms with Crippen molar-refractivity contribution in [1.82, 2.24) is 9.97 Å². The number of nitrogens with zero attached hydrogens (tertiary/aromatic N) is 2. The van der Waals surface area contributed by atoms with Gasteiger partial charge < -0.3 is 10.6 Å². The summed E-state index contributed by atoms with van der Waals surface area (Å²) in [6.07, 6.45) is 4.93. The number of rotatable bonds is 9. The van der Waals surface area contributed by atoms with Gasteiger partial charge in [-0.25, -0.2) is 17.8 Å². The number of aromatic nitrogens is 2. The van der Waals surface area contributed by atoms with Crippen molar-refractivity contribution in [3.8, 4) is 0 Å². The molecule has 0 radical (unpaired) electrons. The predicted octanol–water partition coefficient (Wildman–Crippen LogP) is 5.11. The van der Waals surface area contributed by atoms with Crippen LogP contribution < -0.4 is 15.4 Å². The molecule has 0 amide bonds. The normalized spacial score (nSPS) is 13.4. The van der Waals surface area contributed by atoms with Gasteiger partial charge >= 0.3 is 0 Å². The molecule has 1 heterocycles. The van der Waals surface area contributed by atoms with Crippen LogP contribution in [0.15, 0.2) is 48.7 Å². The van der Waals surface area contributed by atoms with Crippen molar-refractivity contribution < 1.29 is 17.6 Å². The maximum absolute atomic E-state index is 14.4. The zero-order chi connectivity index (χ0) is 23.6. The van der Waals surface area contributed by atoms with Gasteiger partial charge in [0, 0.05) is 12.0 Å². The van der Waals surface area contributed by atoms with Crippen molar-refractivity contribution >= 4 is 56.2 Å². The number of hydrogen-bond acceptors (Lipinski definition) is 7. The molecule has 0 aliphatic heterocycles. The Kier molecular flexibility index (Phi) is 6.48. The number of Topliss-reactive ketones (excluding diaryl/α,β-unsaturated/α-hetero) is 1. The zero-order valence-corrected chi connectivity index (χ0v) is 19.2. The van der Waals surface area contributed by atoms with Crippen molar-refractivity contribution in [3.63, 3.8) is 0 Å². The quantitative estimate of drug-likeness (QED) is 0.358. The molecule has 3 aromatic rings. The number of benzene rings is 2. The summed E-state index contributed by atoms with van der Waals surface area (Å²) in [5.74, 6) is 0.0512. The van der Waals surface area contributed by atoms with Crippen molar-refractivity contribution in [2.24, 2.45) is 5.92 Å². The van der Waals surface area contributed by atoms with Gasteiger partial charge in [-0.2, -0.15) is 4.98 Å². The summed E-state index contributed by atoms with van der Waals surface area (Å²) in [6.45, 7) is 0.